The van der Waals surface area contributed by atoms with Crippen LogP contribution in [-0.4, -0.2) is 17.0 Å². The van der Waals surface area contributed by atoms with Crippen LogP contribution in [0.2, 0.25) is 0 Å². The van der Waals surface area contributed by atoms with Gasteiger partial charge >= 0.3 is 0 Å². The van der Waals surface area contributed by atoms with Crippen LogP contribution in [0.1, 0.15) is 59.3 Å². The van der Waals surface area contributed by atoms with E-state index in [9.17, 15) is 0 Å². The van der Waals surface area contributed by atoms with Crippen molar-refractivity contribution < 1.29 is 4.74 Å². The van der Waals surface area contributed by atoms with E-state index in [-0.39, 0.29) is 5.60 Å². The maximum absolute atomic E-state index is 6.25. The molecule has 1 aliphatic heterocycles. The summed E-state index contributed by atoms with van der Waals surface area (Å²) < 4.78 is 6.25. The zero-order chi connectivity index (χ0) is 11.8. The van der Waals surface area contributed by atoms with E-state index in [2.05, 4.69) is 36.7 Å². The number of ether oxygens (including phenoxy) is 1. The Kier molecular flexibility index (Phi) is 3.71. The SMILES string of the molecule is CC(C)(C)C1CCC2(CCC(CBr)O2)CC1. The maximum Gasteiger partial charge on any atom is 0.0687 e. The van der Waals surface area contributed by atoms with Crippen LogP contribution in [0.5, 0.6) is 0 Å². The summed E-state index contributed by atoms with van der Waals surface area (Å²) >= 11 is 3.54. The largest absolute Gasteiger partial charge is 0.371 e. The first-order valence-corrected chi connectivity index (χ1v) is 7.81. The Morgan fingerprint density at radius 3 is 2.12 bits per heavy atom. The highest BCUT2D eigenvalue weighted by atomic mass is 79.9. The minimum absolute atomic E-state index is 0.264. The zero-order valence-corrected chi connectivity index (χ0v) is 12.5. The summed E-state index contributed by atoms with van der Waals surface area (Å²) in [6.45, 7) is 7.14. The molecule has 0 N–H and O–H groups in total. The Morgan fingerprint density at radius 1 is 1.12 bits per heavy atom. The molecule has 2 fully saturated rings. The van der Waals surface area contributed by atoms with Crippen molar-refractivity contribution >= 4 is 15.9 Å². The first-order chi connectivity index (χ1) is 7.45. The zero-order valence-electron chi connectivity index (χ0n) is 10.9. The molecule has 1 atom stereocenters. The van der Waals surface area contributed by atoms with E-state index in [1.165, 1.54) is 38.5 Å². The van der Waals surface area contributed by atoms with Crippen molar-refractivity contribution in [2.45, 2.75) is 71.0 Å². The second-order valence-corrected chi connectivity index (χ2v) is 7.40. The lowest BCUT2D eigenvalue weighted by molar-refractivity contribution is -0.0720. The molecule has 0 aromatic rings. The predicted molar refractivity (Wildman–Crippen MR) is 72.0 cm³/mol. The minimum atomic E-state index is 0.264. The molecule has 1 spiro atoms. The number of rotatable bonds is 1. The molecule has 1 unspecified atom stereocenters. The Hall–Kier alpha value is 0.440. The van der Waals surface area contributed by atoms with Gasteiger partial charge in [-0.15, -0.1) is 0 Å². The van der Waals surface area contributed by atoms with Gasteiger partial charge in [0.05, 0.1) is 11.7 Å². The van der Waals surface area contributed by atoms with Crippen LogP contribution in [0.4, 0.5) is 0 Å². The lowest BCUT2D eigenvalue weighted by Crippen LogP contribution is -2.37. The number of alkyl halides is 1. The summed E-state index contributed by atoms with van der Waals surface area (Å²) in [7, 11) is 0. The van der Waals surface area contributed by atoms with Gasteiger partial charge in [0.25, 0.3) is 0 Å². The monoisotopic (exact) mass is 288 g/mol. The summed E-state index contributed by atoms with van der Waals surface area (Å²) in [5, 5.41) is 1.01. The second kappa shape index (κ2) is 4.61. The fourth-order valence-corrected chi connectivity index (χ4v) is 3.84. The van der Waals surface area contributed by atoms with Crippen LogP contribution < -0.4 is 0 Å². The molecule has 94 valence electrons. The third-order valence-corrected chi connectivity index (χ3v) is 5.35. The van der Waals surface area contributed by atoms with Crippen molar-refractivity contribution in [3.05, 3.63) is 0 Å². The van der Waals surface area contributed by atoms with Crippen LogP contribution in [-0.2, 0) is 4.74 Å². The Balaban J connectivity index is 1.90. The van der Waals surface area contributed by atoms with Gasteiger partial charge in [-0.1, -0.05) is 36.7 Å². The van der Waals surface area contributed by atoms with E-state index in [1.807, 2.05) is 0 Å². The molecular formula is C14H25BrO. The van der Waals surface area contributed by atoms with E-state index in [0.717, 1.165) is 11.2 Å². The molecule has 0 bridgehead atoms. The van der Waals surface area contributed by atoms with E-state index in [4.69, 9.17) is 4.74 Å². The summed E-state index contributed by atoms with van der Waals surface area (Å²) in [6, 6.07) is 0. The quantitative estimate of drug-likeness (QED) is 0.644. The number of hydrogen-bond acceptors (Lipinski definition) is 1. The molecule has 0 aromatic heterocycles. The van der Waals surface area contributed by atoms with Crippen molar-refractivity contribution in [3.8, 4) is 0 Å². The van der Waals surface area contributed by atoms with E-state index < -0.39 is 0 Å². The molecule has 2 rings (SSSR count). The van der Waals surface area contributed by atoms with Gasteiger partial charge in [0.15, 0.2) is 0 Å². The first kappa shape index (κ1) is 12.9. The summed E-state index contributed by atoms with van der Waals surface area (Å²) in [5.41, 5.74) is 0.745. The first-order valence-electron chi connectivity index (χ1n) is 6.69. The van der Waals surface area contributed by atoms with Crippen molar-refractivity contribution in [2.75, 3.05) is 5.33 Å². The van der Waals surface area contributed by atoms with Crippen LogP contribution in [0.25, 0.3) is 0 Å². The highest BCUT2D eigenvalue weighted by molar-refractivity contribution is 9.09. The van der Waals surface area contributed by atoms with Crippen LogP contribution in [0.15, 0.2) is 0 Å². The van der Waals surface area contributed by atoms with Gasteiger partial charge in [0, 0.05) is 5.33 Å². The van der Waals surface area contributed by atoms with Crippen molar-refractivity contribution in [1.29, 1.82) is 0 Å². The van der Waals surface area contributed by atoms with Crippen LogP contribution in [0, 0.1) is 11.3 Å². The molecule has 1 aliphatic carbocycles. The van der Waals surface area contributed by atoms with E-state index in [0.29, 0.717) is 11.5 Å². The maximum atomic E-state index is 6.25. The third-order valence-electron chi connectivity index (χ3n) is 4.63. The second-order valence-electron chi connectivity index (χ2n) is 6.76. The molecular weight excluding hydrogens is 264 g/mol. The van der Waals surface area contributed by atoms with Gasteiger partial charge in [0.2, 0.25) is 0 Å². The van der Waals surface area contributed by atoms with Gasteiger partial charge in [-0.3, -0.25) is 0 Å². The van der Waals surface area contributed by atoms with Crippen LogP contribution in [0.3, 0.4) is 0 Å². The van der Waals surface area contributed by atoms with Gasteiger partial charge in [0.1, 0.15) is 0 Å². The van der Waals surface area contributed by atoms with Crippen molar-refractivity contribution in [2.24, 2.45) is 11.3 Å². The van der Waals surface area contributed by atoms with Crippen LogP contribution >= 0.6 is 15.9 Å². The predicted octanol–water partition coefficient (Wildman–Crippen LogP) is 4.54. The van der Waals surface area contributed by atoms with Gasteiger partial charge < -0.3 is 4.74 Å². The van der Waals surface area contributed by atoms with Gasteiger partial charge in [-0.2, -0.15) is 0 Å². The summed E-state index contributed by atoms with van der Waals surface area (Å²) in [4.78, 5) is 0. The Bertz CT molecular complexity index is 236. The van der Waals surface area contributed by atoms with Gasteiger partial charge in [-0.25, -0.2) is 0 Å². The minimum Gasteiger partial charge on any atom is -0.371 e. The smallest absolute Gasteiger partial charge is 0.0687 e. The highest BCUT2D eigenvalue weighted by Crippen LogP contribution is 2.47. The van der Waals surface area contributed by atoms with Gasteiger partial charge in [-0.05, 0) is 49.9 Å². The molecule has 1 saturated heterocycles. The highest BCUT2D eigenvalue weighted by Gasteiger charge is 2.44. The van der Waals surface area contributed by atoms with E-state index in [1.54, 1.807) is 0 Å². The standard InChI is InChI=1S/C14H25BrO/c1-13(2,3)11-4-7-14(8-5-11)9-6-12(10-15)16-14/h11-12H,4-10H2,1-3H3. The lowest BCUT2D eigenvalue weighted by Gasteiger charge is -2.42. The molecule has 0 amide bonds. The average Bonchev–Trinajstić information content (AvgIpc) is 2.61. The molecule has 16 heavy (non-hydrogen) atoms. The topological polar surface area (TPSA) is 9.23 Å². The number of hydrogen-bond donors (Lipinski definition) is 0. The Morgan fingerprint density at radius 2 is 1.69 bits per heavy atom. The molecule has 2 heteroatoms. The normalized spacial score (nSPS) is 40.5. The summed E-state index contributed by atoms with van der Waals surface area (Å²) in [5.74, 6) is 0.893. The molecule has 0 aromatic carbocycles. The molecule has 2 aliphatic rings. The van der Waals surface area contributed by atoms with Crippen molar-refractivity contribution in [3.63, 3.8) is 0 Å². The van der Waals surface area contributed by atoms with Crippen molar-refractivity contribution in [1.82, 2.24) is 0 Å². The lowest BCUT2D eigenvalue weighted by atomic mass is 9.68. The fourth-order valence-electron chi connectivity index (χ4n) is 3.38. The molecule has 1 nitrogen and oxygen atoms in total. The average molecular weight is 289 g/mol. The summed E-state index contributed by atoms with van der Waals surface area (Å²) in [6.07, 6.45) is 8.32. The Labute approximate surface area is 108 Å². The molecule has 1 heterocycles. The molecule has 1 saturated carbocycles. The number of halogens is 1. The fraction of sp³-hybridized carbons (Fsp3) is 1.00. The molecule has 0 radical (unpaired) electrons. The third kappa shape index (κ3) is 2.64. The van der Waals surface area contributed by atoms with E-state index >= 15 is 0 Å².